The van der Waals surface area contributed by atoms with E-state index in [-0.39, 0.29) is 0 Å². The molecule has 0 unspecified atom stereocenters. The first-order chi connectivity index (χ1) is 12.6. The van der Waals surface area contributed by atoms with E-state index in [1.54, 1.807) is 18.7 Å². The van der Waals surface area contributed by atoms with E-state index in [9.17, 15) is 4.79 Å². The molecular weight excluding hydrogens is 334 g/mol. The van der Waals surface area contributed by atoms with Gasteiger partial charge in [-0.15, -0.1) is 5.10 Å². The third-order valence-corrected chi connectivity index (χ3v) is 4.94. The summed E-state index contributed by atoms with van der Waals surface area (Å²) in [5, 5.41) is 15.4. The Balaban J connectivity index is 2.00. The van der Waals surface area contributed by atoms with E-state index in [0.717, 1.165) is 31.4 Å². The van der Waals surface area contributed by atoms with Crippen molar-refractivity contribution in [1.29, 1.82) is 0 Å². The molecule has 0 aliphatic heterocycles. The Kier molecular flexibility index (Phi) is 5.39. The van der Waals surface area contributed by atoms with Gasteiger partial charge >= 0.3 is 6.09 Å². The van der Waals surface area contributed by atoms with Crippen molar-refractivity contribution in [2.45, 2.75) is 45.1 Å². The van der Waals surface area contributed by atoms with Crippen LogP contribution in [0.15, 0.2) is 24.3 Å². The number of rotatable bonds is 5. The van der Waals surface area contributed by atoms with Crippen molar-refractivity contribution in [2.75, 3.05) is 13.7 Å². The highest BCUT2D eigenvalue weighted by Crippen LogP contribution is 2.39. The molecule has 26 heavy (non-hydrogen) atoms. The molecule has 2 aromatic rings. The van der Waals surface area contributed by atoms with Crippen LogP contribution in [0.5, 0.6) is 5.75 Å². The highest BCUT2D eigenvalue weighted by Gasteiger charge is 2.42. The number of ether oxygens (including phenoxy) is 2. The zero-order chi connectivity index (χ0) is 18.6. The molecule has 8 heteroatoms. The molecule has 1 aromatic heterocycles. The molecule has 0 saturated heterocycles. The first kappa shape index (κ1) is 18.2. The van der Waals surface area contributed by atoms with Gasteiger partial charge in [-0.2, -0.15) is 4.68 Å². The number of carbonyl (C=O) groups is 1. The van der Waals surface area contributed by atoms with Gasteiger partial charge in [-0.1, -0.05) is 13.0 Å². The van der Waals surface area contributed by atoms with Crippen LogP contribution in [0.4, 0.5) is 4.79 Å². The molecule has 0 spiro atoms. The minimum Gasteiger partial charge on any atom is -0.497 e. The number of benzene rings is 1. The van der Waals surface area contributed by atoms with Gasteiger partial charge in [0.1, 0.15) is 11.3 Å². The number of tetrazole rings is 1. The number of amides is 1. The zero-order valence-electron chi connectivity index (χ0n) is 15.4. The van der Waals surface area contributed by atoms with Gasteiger partial charge in [0, 0.05) is 6.07 Å². The predicted molar refractivity (Wildman–Crippen MR) is 95.2 cm³/mol. The normalized spacial score (nSPS) is 22.7. The van der Waals surface area contributed by atoms with Gasteiger partial charge < -0.3 is 14.8 Å². The Hall–Kier alpha value is -2.64. The van der Waals surface area contributed by atoms with Crippen LogP contribution in [-0.2, 0) is 10.3 Å². The monoisotopic (exact) mass is 359 g/mol. The topological polar surface area (TPSA) is 91.2 Å². The maximum absolute atomic E-state index is 12.2. The second-order valence-electron chi connectivity index (χ2n) is 6.73. The first-order valence-corrected chi connectivity index (χ1v) is 8.96. The average molecular weight is 359 g/mol. The lowest BCUT2D eigenvalue weighted by atomic mass is 9.76. The summed E-state index contributed by atoms with van der Waals surface area (Å²) in [7, 11) is 1.62. The summed E-state index contributed by atoms with van der Waals surface area (Å²) in [5.74, 6) is 1.94. The van der Waals surface area contributed by atoms with Crippen molar-refractivity contribution < 1.29 is 14.3 Å². The van der Waals surface area contributed by atoms with E-state index in [4.69, 9.17) is 9.47 Å². The fourth-order valence-electron chi connectivity index (χ4n) is 3.42. The second-order valence-corrected chi connectivity index (χ2v) is 6.73. The first-order valence-electron chi connectivity index (χ1n) is 8.96. The number of hydrogen-bond acceptors (Lipinski definition) is 6. The number of nitrogens with zero attached hydrogens (tertiary/aromatic N) is 4. The van der Waals surface area contributed by atoms with Gasteiger partial charge in [0.2, 0.25) is 0 Å². The van der Waals surface area contributed by atoms with Gasteiger partial charge in [0.25, 0.3) is 0 Å². The number of aromatic nitrogens is 4. The number of methoxy groups -OCH3 is 1. The van der Waals surface area contributed by atoms with Crippen LogP contribution in [0.3, 0.4) is 0 Å². The van der Waals surface area contributed by atoms with Crippen molar-refractivity contribution in [3.05, 3.63) is 30.1 Å². The molecular formula is C18H25N5O3. The Bertz CT molecular complexity index is 753. The van der Waals surface area contributed by atoms with Crippen molar-refractivity contribution in [2.24, 2.45) is 5.92 Å². The molecule has 1 saturated carbocycles. The van der Waals surface area contributed by atoms with Crippen molar-refractivity contribution in [3.63, 3.8) is 0 Å². The standard InChI is InChI=1S/C18H25N5O3/c1-4-26-17(24)19-18(10-8-13(2)9-11-18)16-20-21-22-23(16)14-6-5-7-15(12-14)25-3/h5-7,12-13H,4,8-11H2,1-3H3,(H,19,24). The minimum atomic E-state index is -0.647. The summed E-state index contributed by atoms with van der Waals surface area (Å²) in [6.45, 7) is 4.33. The van der Waals surface area contributed by atoms with E-state index in [2.05, 4.69) is 27.8 Å². The molecule has 8 nitrogen and oxygen atoms in total. The summed E-state index contributed by atoms with van der Waals surface area (Å²) < 4.78 is 12.1. The predicted octanol–water partition coefficient (Wildman–Crippen LogP) is 2.82. The van der Waals surface area contributed by atoms with Crippen LogP contribution < -0.4 is 10.1 Å². The molecule has 1 aliphatic rings. The molecule has 3 rings (SSSR count). The van der Waals surface area contributed by atoms with E-state index < -0.39 is 11.6 Å². The van der Waals surface area contributed by atoms with Crippen LogP contribution in [0, 0.1) is 5.92 Å². The molecule has 140 valence electrons. The zero-order valence-corrected chi connectivity index (χ0v) is 15.4. The highest BCUT2D eigenvalue weighted by atomic mass is 16.5. The van der Waals surface area contributed by atoms with E-state index in [1.807, 2.05) is 24.3 Å². The molecule has 1 aromatic carbocycles. The molecule has 1 aliphatic carbocycles. The summed E-state index contributed by atoms with van der Waals surface area (Å²) in [5.41, 5.74) is 0.138. The average Bonchev–Trinajstić information content (AvgIpc) is 3.15. The molecule has 0 radical (unpaired) electrons. The summed E-state index contributed by atoms with van der Waals surface area (Å²) in [6.07, 6.45) is 3.05. The molecule has 0 bridgehead atoms. The van der Waals surface area contributed by atoms with E-state index in [0.29, 0.717) is 24.1 Å². The van der Waals surface area contributed by atoms with Crippen LogP contribution >= 0.6 is 0 Å². The number of hydrogen-bond donors (Lipinski definition) is 1. The van der Waals surface area contributed by atoms with Crippen molar-refractivity contribution >= 4 is 6.09 Å². The van der Waals surface area contributed by atoms with Gasteiger partial charge in [0.15, 0.2) is 5.82 Å². The molecule has 0 atom stereocenters. The van der Waals surface area contributed by atoms with Gasteiger partial charge in [0.05, 0.1) is 19.4 Å². The lowest BCUT2D eigenvalue weighted by Gasteiger charge is -2.38. The maximum Gasteiger partial charge on any atom is 0.407 e. The van der Waals surface area contributed by atoms with E-state index >= 15 is 0 Å². The van der Waals surface area contributed by atoms with Gasteiger partial charge in [-0.25, -0.2) is 4.79 Å². The Labute approximate surface area is 152 Å². The highest BCUT2D eigenvalue weighted by molar-refractivity contribution is 5.68. The fraction of sp³-hybridized carbons (Fsp3) is 0.556. The van der Waals surface area contributed by atoms with Crippen molar-refractivity contribution in [3.8, 4) is 11.4 Å². The van der Waals surface area contributed by atoms with Crippen LogP contribution in [0.25, 0.3) is 5.69 Å². The van der Waals surface area contributed by atoms with E-state index in [1.165, 1.54) is 0 Å². The summed E-state index contributed by atoms with van der Waals surface area (Å²) in [4.78, 5) is 12.2. The Morgan fingerprint density at radius 3 is 2.85 bits per heavy atom. The third kappa shape index (κ3) is 3.63. The molecule has 1 amide bonds. The lowest BCUT2D eigenvalue weighted by molar-refractivity contribution is 0.117. The Morgan fingerprint density at radius 2 is 2.15 bits per heavy atom. The largest absolute Gasteiger partial charge is 0.497 e. The number of alkyl carbamates (subject to hydrolysis) is 1. The molecule has 1 N–H and O–H groups in total. The minimum absolute atomic E-state index is 0.319. The number of nitrogens with one attached hydrogen (secondary N) is 1. The summed E-state index contributed by atoms with van der Waals surface area (Å²) in [6, 6.07) is 7.52. The van der Waals surface area contributed by atoms with Crippen LogP contribution in [0.1, 0.15) is 45.4 Å². The SMILES string of the molecule is CCOC(=O)NC1(c2nnnn2-c2cccc(OC)c2)CCC(C)CC1. The van der Waals surface area contributed by atoms with Gasteiger partial charge in [-0.05, 0) is 61.1 Å². The van der Waals surface area contributed by atoms with Gasteiger partial charge in [-0.3, -0.25) is 0 Å². The Morgan fingerprint density at radius 1 is 1.38 bits per heavy atom. The third-order valence-electron chi connectivity index (χ3n) is 4.94. The van der Waals surface area contributed by atoms with Crippen LogP contribution in [0.2, 0.25) is 0 Å². The quantitative estimate of drug-likeness (QED) is 0.883. The smallest absolute Gasteiger partial charge is 0.407 e. The fourth-order valence-corrected chi connectivity index (χ4v) is 3.42. The van der Waals surface area contributed by atoms with Crippen LogP contribution in [-0.4, -0.2) is 40.0 Å². The molecule has 1 heterocycles. The second kappa shape index (κ2) is 7.72. The molecule has 1 fully saturated rings. The number of carbonyl (C=O) groups excluding carboxylic acids is 1. The van der Waals surface area contributed by atoms with Crippen molar-refractivity contribution in [1.82, 2.24) is 25.5 Å². The maximum atomic E-state index is 12.2. The summed E-state index contributed by atoms with van der Waals surface area (Å²) >= 11 is 0. The lowest BCUT2D eigenvalue weighted by Crippen LogP contribution is -2.50.